The van der Waals surface area contributed by atoms with Crippen LogP contribution in [0.2, 0.25) is 0 Å². The van der Waals surface area contributed by atoms with Crippen molar-refractivity contribution in [2.75, 3.05) is 13.7 Å². The molecule has 0 N–H and O–H groups in total. The third-order valence-electron chi connectivity index (χ3n) is 1.73. The molecule has 0 aromatic heterocycles. The van der Waals surface area contributed by atoms with Gasteiger partial charge in [0.2, 0.25) is 0 Å². The van der Waals surface area contributed by atoms with Crippen LogP contribution in [0, 0.1) is 5.92 Å². The Bertz CT molecular complexity index is 232. The van der Waals surface area contributed by atoms with Crippen molar-refractivity contribution in [1.82, 2.24) is 0 Å². The molecule has 2 atom stereocenters. The molecule has 1 aliphatic rings. The Hall–Kier alpha value is -0.450. The van der Waals surface area contributed by atoms with Crippen LogP contribution in [-0.2, 0) is 15.8 Å². The van der Waals surface area contributed by atoms with E-state index in [0.717, 1.165) is 6.42 Å². The Morgan fingerprint density at radius 1 is 1.83 bits per heavy atom. The second-order valence-corrected chi connectivity index (χ2v) is 3.59. The fraction of sp³-hybridized carbons (Fsp3) is 0.500. The van der Waals surface area contributed by atoms with E-state index in [1.807, 2.05) is 6.08 Å². The highest BCUT2D eigenvalue weighted by atomic mass is 32.2. The molecule has 0 radical (unpaired) electrons. The SMILES string of the molecule is COCC1C=CC(S(=O)[O-])=CC1. The molecule has 0 spiro atoms. The van der Waals surface area contributed by atoms with Crippen LogP contribution in [0.25, 0.3) is 0 Å². The summed E-state index contributed by atoms with van der Waals surface area (Å²) >= 11 is -2.09. The van der Waals surface area contributed by atoms with Gasteiger partial charge in [-0.25, -0.2) is 0 Å². The molecule has 4 heteroatoms. The maximum atomic E-state index is 10.5. The van der Waals surface area contributed by atoms with E-state index in [2.05, 4.69) is 0 Å². The molecule has 0 bridgehead atoms. The van der Waals surface area contributed by atoms with E-state index in [9.17, 15) is 8.76 Å². The quantitative estimate of drug-likeness (QED) is 0.619. The molecular formula is C8H11O3S-. The number of allylic oxidation sites excluding steroid dienone is 2. The van der Waals surface area contributed by atoms with Gasteiger partial charge in [0.25, 0.3) is 0 Å². The summed E-state index contributed by atoms with van der Waals surface area (Å²) in [5, 5.41) is 0. The van der Waals surface area contributed by atoms with Crippen LogP contribution in [0.5, 0.6) is 0 Å². The first kappa shape index (κ1) is 9.64. The van der Waals surface area contributed by atoms with Gasteiger partial charge in [-0.05, 0) is 17.5 Å². The van der Waals surface area contributed by atoms with E-state index in [1.54, 1.807) is 19.3 Å². The molecular weight excluding hydrogens is 176 g/mol. The first-order chi connectivity index (χ1) is 5.74. The van der Waals surface area contributed by atoms with E-state index in [0.29, 0.717) is 17.4 Å². The van der Waals surface area contributed by atoms with Gasteiger partial charge in [-0.2, -0.15) is 0 Å². The van der Waals surface area contributed by atoms with Crippen molar-refractivity contribution in [3.05, 3.63) is 23.1 Å². The Balaban J connectivity index is 2.49. The first-order valence-electron chi connectivity index (χ1n) is 3.70. The van der Waals surface area contributed by atoms with Gasteiger partial charge in [0.05, 0.1) is 6.61 Å². The second kappa shape index (κ2) is 4.54. The van der Waals surface area contributed by atoms with E-state index < -0.39 is 11.1 Å². The van der Waals surface area contributed by atoms with E-state index in [1.165, 1.54) is 0 Å². The molecule has 0 fully saturated rings. The highest BCUT2D eigenvalue weighted by Gasteiger charge is 2.07. The van der Waals surface area contributed by atoms with Crippen LogP contribution < -0.4 is 0 Å². The number of rotatable bonds is 3. The van der Waals surface area contributed by atoms with Crippen LogP contribution in [-0.4, -0.2) is 22.5 Å². The molecule has 1 rings (SSSR count). The minimum absolute atomic E-state index is 0.322. The second-order valence-electron chi connectivity index (χ2n) is 2.65. The summed E-state index contributed by atoms with van der Waals surface area (Å²) in [4.78, 5) is 0.377. The molecule has 0 aromatic rings. The predicted octanol–water partition coefficient (Wildman–Crippen LogP) is 0.972. The monoisotopic (exact) mass is 187 g/mol. The lowest BCUT2D eigenvalue weighted by atomic mass is 10.0. The minimum Gasteiger partial charge on any atom is -0.768 e. The van der Waals surface area contributed by atoms with Gasteiger partial charge in [0, 0.05) is 17.9 Å². The topological polar surface area (TPSA) is 49.4 Å². The Morgan fingerprint density at radius 3 is 3.00 bits per heavy atom. The lowest BCUT2D eigenvalue weighted by molar-refractivity contribution is 0.170. The van der Waals surface area contributed by atoms with Crippen molar-refractivity contribution in [2.45, 2.75) is 6.42 Å². The summed E-state index contributed by atoms with van der Waals surface area (Å²) in [6.45, 7) is 0.645. The van der Waals surface area contributed by atoms with Crippen LogP contribution in [0.15, 0.2) is 23.1 Å². The smallest absolute Gasteiger partial charge is 0.0528 e. The van der Waals surface area contributed by atoms with Gasteiger partial charge in [0.1, 0.15) is 0 Å². The fourth-order valence-electron chi connectivity index (χ4n) is 1.11. The molecule has 3 nitrogen and oxygen atoms in total. The van der Waals surface area contributed by atoms with E-state index in [-0.39, 0.29) is 0 Å². The molecule has 0 amide bonds. The Kier molecular flexibility index (Phi) is 3.65. The van der Waals surface area contributed by atoms with Crippen LogP contribution in [0.4, 0.5) is 0 Å². The number of hydrogen-bond donors (Lipinski definition) is 0. The molecule has 1 aliphatic carbocycles. The van der Waals surface area contributed by atoms with E-state index >= 15 is 0 Å². The lowest BCUT2D eigenvalue weighted by Gasteiger charge is -2.16. The summed E-state index contributed by atoms with van der Waals surface area (Å²) in [6, 6.07) is 0. The largest absolute Gasteiger partial charge is 0.768 e. The zero-order valence-electron chi connectivity index (χ0n) is 6.86. The summed E-state index contributed by atoms with van der Waals surface area (Å²) < 4.78 is 25.9. The Labute approximate surface area is 74.4 Å². The van der Waals surface area contributed by atoms with E-state index in [4.69, 9.17) is 4.74 Å². The van der Waals surface area contributed by atoms with Gasteiger partial charge in [0.15, 0.2) is 0 Å². The third kappa shape index (κ3) is 2.55. The summed E-state index contributed by atoms with van der Waals surface area (Å²) in [5.74, 6) is 0.322. The zero-order chi connectivity index (χ0) is 8.97. The lowest BCUT2D eigenvalue weighted by Crippen LogP contribution is -2.08. The number of ether oxygens (including phenoxy) is 1. The highest BCUT2D eigenvalue weighted by Crippen LogP contribution is 2.17. The fourth-order valence-corrected chi connectivity index (χ4v) is 1.53. The normalized spacial score (nSPS) is 25.2. The molecule has 12 heavy (non-hydrogen) atoms. The van der Waals surface area contributed by atoms with Gasteiger partial charge in [-0.15, -0.1) is 0 Å². The first-order valence-corrected chi connectivity index (χ1v) is 4.78. The van der Waals surface area contributed by atoms with Crippen LogP contribution in [0.3, 0.4) is 0 Å². The summed E-state index contributed by atoms with van der Waals surface area (Å²) in [6.07, 6.45) is 5.95. The molecule has 2 unspecified atom stereocenters. The summed E-state index contributed by atoms with van der Waals surface area (Å²) in [5.41, 5.74) is 0. The van der Waals surface area contributed by atoms with Gasteiger partial charge < -0.3 is 9.29 Å². The van der Waals surface area contributed by atoms with Gasteiger partial charge in [-0.3, -0.25) is 4.21 Å². The Morgan fingerprint density at radius 2 is 2.58 bits per heavy atom. The van der Waals surface area contributed by atoms with Crippen molar-refractivity contribution in [3.63, 3.8) is 0 Å². The average molecular weight is 187 g/mol. The van der Waals surface area contributed by atoms with Crippen molar-refractivity contribution >= 4 is 11.1 Å². The number of methoxy groups -OCH3 is 1. The maximum absolute atomic E-state index is 10.5. The number of hydrogen-bond acceptors (Lipinski definition) is 3. The molecule has 0 aromatic carbocycles. The van der Waals surface area contributed by atoms with Crippen molar-refractivity contribution in [1.29, 1.82) is 0 Å². The van der Waals surface area contributed by atoms with Crippen molar-refractivity contribution in [2.24, 2.45) is 5.92 Å². The van der Waals surface area contributed by atoms with Crippen LogP contribution in [0.1, 0.15) is 6.42 Å². The molecule has 0 saturated heterocycles. The molecule has 68 valence electrons. The maximum Gasteiger partial charge on any atom is 0.0528 e. The predicted molar refractivity (Wildman–Crippen MR) is 46.1 cm³/mol. The van der Waals surface area contributed by atoms with Crippen molar-refractivity contribution in [3.8, 4) is 0 Å². The zero-order valence-corrected chi connectivity index (χ0v) is 7.67. The standard InChI is InChI=1S/C8H12O3S/c1-11-6-7-2-4-8(5-3-7)12(9)10/h2,4-5,7H,3,6H2,1H3,(H,9,10)/p-1. The van der Waals surface area contributed by atoms with Gasteiger partial charge in [-0.1, -0.05) is 18.2 Å². The molecule has 0 aliphatic heterocycles. The van der Waals surface area contributed by atoms with Crippen LogP contribution >= 0.6 is 0 Å². The van der Waals surface area contributed by atoms with Crippen molar-refractivity contribution < 1.29 is 13.5 Å². The highest BCUT2D eigenvalue weighted by molar-refractivity contribution is 7.83. The summed E-state index contributed by atoms with van der Waals surface area (Å²) in [7, 11) is 1.64. The van der Waals surface area contributed by atoms with Gasteiger partial charge >= 0.3 is 0 Å². The minimum atomic E-state index is -2.09. The average Bonchev–Trinajstić information content (AvgIpc) is 2.06. The molecule has 0 heterocycles. The third-order valence-corrected chi connectivity index (χ3v) is 2.42. The molecule has 0 saturated carbocycles.